The first-order valence-corrected chi connectivity index (χ1v) is 10.5. The molecule has 1 aliphatic rings. The Morgan fingerprint density at radius 3 is 2.59 bits per heavy atom. The number of piperidine rings is 1. The van der Waals surface area contributed by atoms with Gasteiger partial charge in [0.1, 0.15) is 0 Å². The fourth-order valence-electron chi connectivity index (χ4n) is 3.52. The van der Waals surface area contributed by atoms with Gasteiger partial charge in [-0.1, -0.05) is 42.1 Å². The monoisotopic (exact) mass is 385 g/mol. The minimum absolute atomic E-state index is 0.138. The molecule has 1 aliphatic heterocycles. The standard InChI is InChI=1S/C21H27N3O2S/c1-3-23-14-11-19(25)22-21(23)27-16(2)20(26)24-12-9-18(10-13-24)15-17-7-5-4-6-8-17/h4-8,11,14,16,18H,3,9-10,12-13,15H2,1-2H3. The van der Waals surface area contributed by atoms with Gasteiger partial charge in [0.05, 0.1) is 5.25 Å². The van der Waals surface area contributed by atoms with Crippen molar-refractivity contribution in [2.24, 2.45) is 5.92 Å². The van der Waals surface area contributed by atoms with Crippen molar-refractivity contribution in [1.29, 1.82) is 0 Å². The quantitative estimate of drug-likeness (QED) is 0.566. The van der Waals surface area contributed by atoms with Crippen LogP contribution in [0.2, 0.25) is 0 Å². The van der Waals surface area contributed by atoms with Crippen molar-refractivity contribution in [3.05, 3.63) is 58.5 Å². The second-order valence-corrected chi connectivity index (χ2v) is 8.36. The minimum Gasteiger partial charge on any atom is -0.342 e. The molecular formula is C21H27N3O2S. The number of likely N-dealkylation sites (tertiary alicyclic amines) is 1. The van der Waals surface area contributed by atoms with Crippen molar-refractivity contribution in [3.63, 3.8) is 0 Å². The number of rotatable bonds is 6. The molecule has 0 bridgehead atoms. The van der Waals surface area contributed by atoms with E-state index in [1.54, 1.807) is 6.20 Å². The Morgan fingerprint density at radius 2 is 1.93 bits per heavy atom. The highest BCUT2D eigenvalue weighted by atomic mass is 32.2. The second kappa shape index (κ2) is 9.22. The summed E-state index contributed by atoms with van der Waals surface area (Å²) in [7, 11) is 0. The lowest BCUT2D eigenvalue weighted by atomic mass is 9.90. The van der Waals surface area contributed by atoms with Crippen molar-refractivity contribution in [3.8, 4) is 0 Å². The molecule has 1 aromatic carbocycles. The van der Waals surface area contributed by atoms with Gasteiger partial charge in [0, 0.05) is 31.9 Å². The molecule has 0 radical (unpaired) electrons. The van der Waals surface area contributed by atoms with Crippen LogP contribution < -0.4 is 5.56 Å². The molecule has 1 unspecified atom stereocenters. The molecule has 1 amide bonds. The van der Waals surface area contributed by atoms with E-state index in [9.17, 15) is 9.59 Å². The Bertz CT molecular complexity index is 814. The highest BCUT2D eigenvalue weighted by molar-refractivity contribution is 8.00. The van der Waals surface area contributed by atoms with Crippen molar-refractivity contribution in [2.75, 3.05) is 13.1 Å². The number of carbonyl (C=O) groups excluding carboxylic acids is 1. The van der Waals surface area contributed by atoms with Crippen LogP contribution in [-0.2, 0) is 17.8 Å². The summed E-state index contributed by atoms with van der Waals surface area (Å²) in [6.07, 6.45) is 4.91. The zero-order valence-corrected chi connectivity index (χ0v) is 16.8. The Labute approximate surface area is 164 Å². The lowest BCUT2D eigenvalue weighted by Crippen LogP contribution is -2.42. The summed E-state index contributed by atoms with van der Waals surface area (Å²) in [5, 5.41) is 0.368. The molecular weight excluding hydrogens is 358 g/mol. The summed E-state index contributed by atoms with van der Waals surface area (Å²) in [6.45, 7) is 6.25. The molecule has 5 nitrogen and oxygen atoms in total. The largest absolute Gasteiger partial charge is 0.342 e. The Hall–Kier alpha value is -2.08. The maximum Gasteiger partial charge on any atom is 0.273 e. The molecule has 2 aromatic rings. The van der Waals surface area contributed by atoms with E-state index in [1.165, 1.54) is 23.4 Å². The van der Waals surface area contributed by atoms with Crippen LogP contribution in [0.3, 0.4) is 0 Å². The van der Waals surface area contributed by atoms with Crippen LogP contribution in [0, 0.1) is 5.92 Å². The Balaban J connectivity index is 1.54. The van der Waals surface area contributed by atoms with Gasteiger partial charge in [0.15, 0.2) is 5.16 Å². The third-order valence-electron chi connectivity index (χ3n) is 5.11. The maximum atomic E-state index is 12.8. The number of amides is 1. The fraction of sp³-hybridized carbons (Fsp3) is 0.476. The summed E-state index contributed by atoms with van der Waals surface area (Å²) in [4.78, 5) is 30.4. The Morgan fingerprint density at radius 1 is 1.22 bits per heavy atom. The Kier molecular flexibility index (Phi) is 6.72. The first-order valence-electron chi connectivity index (χ1n) is 9.63. The zero-order chi connectivity index (χ0) is 19.2. The van der Waals surface area contributed by atoms with Gasteiger partial charge < -0.3 is 9.47 Å². The highest BCUT2D eigenvalue weighted by Crippen LogP contribution is 2.26. The van der Waals surface area contributed by atoms with Gasteiger partial charge in [-0.2, -0.15) is 4.98 Å². The summed E-state index contributed by atoms with van der Waals surface area (Å²) < 4.78 is 1.90. The van der Waals surface area contributed by atoms with Gasteiger partial charge in [-0.3, -0.25) is 9.59 Å². The SMILES string of the molecule is CCn1ccc(=O)nc1SC(C)C(=O)N1CCC(Cc2ccccc2)CC1. The van der Waals surface area contributed by atoms with E-state index < -0.39 is 0 Å². The molecule has 0 spiro atoms. The molecule has 1 saturated heterocycles. The molecule has 6 heteroatoms. The van der Waals surface area contributed by atoms with Crippen molar-refractivity contribution >= 4 is 17.7 Å². The number of carbonyl (C=O) groups is 1. The van der Waals surface area contributed by atoms with Crippen LogP contribution in [0.15, 0.2) is 52.5 Å². The molecule has 1 aromatic heterocycles. The average molecular weight is 386 g/mol. The number of nitrogens with zero attached hydrogens (tertiary/aromatic N) is 3. The van der Waals surface area contributed by atoms with Crippen LogP contribution in [0.5, 0.6) is 0 Å². The van der Waals surface area contributed by atoms with Crippen molar-refractivity contribution < 1.29 is 4.79 Å². The number of aromatic nitrogens is 2. The molecule has 3 rings (SSSR count). The normalized spacial score (nSPS) is 16.3. The van der Waals surface area contributed by atoms with Crippen LogP contribution >= 0.6 is 11.8 Å². The van der Waals surface area contributed by atoms with E-state index in [1.807, 2.05) is 29.4 Å². The number of aryl methyl sites for hydroxylation is 1. The lowest BCUT2D eigenvalue weighted by molar-refractivity contribution is -0.131. The average Bonchev–Trinajstić information content (AvgIpc) is 2.69. The predicted octanol–water partition coefficient (Wildman–Crippen LogP) is 3.23. The van der Waals surface area contributed by atoms with Gasteiger partial charge in [0.25, 0.3) is 5.56 Å². The summed E-state index contributed by atoms with van der Waals surface area (Å²) in [6, 6.07) is 12.0. The topological polar surface area (TPSA) is 55.2 Å². The van der Waals surface area contributed by atoms with Gasteiger partial charge in [-0.05, 0) is 44.6 Å². The summed E-state index contributed by atoms with van der Waals surface area (Å²) in [5.41, 5.74) is 1.11. The number of hydrogen-bond acceptors (Lipinski definition) is 4. The minimum atomic E-state index is -0.261. The molecule has 1 atom stereocenters. The highest BCUT2D eigenvalue weighted by Gasteiger charge is 2.27. The third-order valence-corrected chi connectivity index (χ3v) is 6.20. The molecule has 27 heavy (non-hydrogen) atoms. The fourth-order valence-corrected chi connectivity index (χ4v) is 4.55. The number of thioether (sulfide) groups is 1. The van der Waals surface area contributed by atoms with Gasteiger partial charge in [0.2, 0.25) is 5.91 Å². The van der Waals surface area contributed by atoms with Crippen LogP contribution in [0.4, 0.5) is 0 Å². The number of hydrogen-bond donors (Lipinski definition) is 0. The van der Waals surface area contributed by atoms with Gasteiger partial charge in [-0.15, -0.1) is 0 Å². The van der Waals surface area contributed by atoms with Crippen LogP contribution in [-0.4, -0.2) is 38.7 Å². The first kappa shape index (κ1) is 19.7. The lowest BCUT2D eigenvalue weighted by Gasteiger charge is -2.33. The molecule has 0 saturated carbocycles. The first-order chi connectivity index (χ1) is 13.1. The zero-order valence-electron chi connectivity index (χ0n) is 16.0. The smallest absolute Gasteiger partial charge is 0.273 e. The van der Waals surface area contributed by atoms with E-state index in [4.69, 9.17) is 0 Å². The summed E-state index contributed by atoms with van der Waals surface area (Å²) in [5.74, 6) is 0.777. The molecule has 0 N–H and O–H groups in total. The van der Waals surface area contributed by atoms with Crippen LogP contribution in [0.1, 0.15) is 32.3 Å². The maximum absolute atomic E-state index is 12.8. The third kappa shape index (κ3) is 5.22. The van der Waals surface area contributed by atoms with E-state index in [2.05, 4.69) is 29.2 Å². The second-order valence-electron chi connectivity index (χ2n) is 7.05. The van der Waals surface area contributed by atoms with E-state index in [-0.39, 0.29) is 16.7 Å². The van der Waals surface area contributed by atoms with E-state index in [0.29, 0.717) is 11.1 Å². The number of benzene rings is 1. The molecule has 1 fully saturated rings. The van der Waals surface area contributed by atoms with E-state index in [0.717, 1.165) is 38.9 Å². The van der Waals surface area contributed by atoms with Gasteiger partial charge in [-0.25, -0.2) is 0 Å². The molecule has 0 aliphatic carbocycles. The molecule has 144 valence electrons. The predicted molar refractivity (Wildman–Crippen MR) is 109 cm³/mol. The van der Waals surface area contributed by atoms with E-state index >= 15 is 0 Å². The van der Waals surface area contributed by atoms with Crippen LogP contribution in [0.25, 0.3) is 0 Å². The van der Waals surface area contributed by atoms with Crippen molar-refractivity contribution in [2.45, 2.75) is 50.1 Å². The molecule has 2 heterocycles. The van der Waals surface area contributed by atoms with Gasteiger partial charge >= 0.3 is 0 Å². The van der Waals surface area contributed by atoms with Crippen molar-refractivity contribution in [1.82, 2.24) is 14.5 Å². The summed E-state index contributed by atoms with van der Waals surface area (Å²) >= 11 is 1.37.